The van der Waals surface area contributed by atoms with Gasteiger partial charge in [0.05, 0.1) is 36.3 Å². The highest BCUT2D eigenvalue weighted by Gasteiger charge is 2.39. The molecule has 2 rings (SSSR count). The van der Waals surface area contributed by atoms with Crippen LogP contribution in [0.25, 0.3) is 17.3 Å². The molecule has 0 spiro atoms. The lowest BCUT2D eigenvalue weighted by atomic mass is 9.97. The van der Waals surface area contributed by atoms with Gasteiger partial charge >= 0.3 is 5.97 Å². The van der Waals surface area contributed by atoms with E-state index in [0.29, 0.717) is 22.5 Å². The number of aliphatic hydroxyl groups excluding tert-OH is 1. The lowest BCUT2D eigenvalue weighted by Gasteiger charge is -2.39. The van der Waals surface area contributed by atoms with E-state index >= 15 is 0 Å². The molecule has 0 saturated carbocycles. The van der Waals surface area contributed by atoms with E-state index < -0.39 is 42.3 Å². The highest BCUT2D eigenvalue weighted by Crippen LogP contribution is 2.38. The van der Waals surface area contributed by atoms with Crippen LogP contribution in [0.3, 0.4) is 0 Å². The van der Waals surface area contributed by atoms with Crippen LogP contribution in [-0.4, -0.2) is 68.4 Å². The number of carboxylic acid groups (broad SMARTS) is 1. The van der Waals surface area contributed by atoms with Gasteiger partial charge in [0.2, 0.25) is 16.0 Å². The van der Waals surface area contributed by atoms with Crippen molar-refractivity contribution in [2.24, 2.45) is 0 Å². The van der Waals surface area contributed by atoms with Crippen LogP contribution in [-0.2, 0) is 19.2 Å². The predicted octanol–water partition coefficient (Wildman–Crippen LogP) is 5.43. The van der Waals surface area contributed by atoms with Gasteiger partial charge in [0.25, 0.3) is 0 Å². The SMILES string of the molecule is CC(C)c1nc(N(C)S(C)(=O)=O)nc(-c2ccc(F)cc2)c1/C=C/[C@@H](O)C[C@H](CC(=O)O)O[Si](C)(C)C(C)(C)C. The number of carboxylic acids is 1. The Labute approximate surface area is 238 Å². The average Bonchev–Trinajstić information content (AvgIpc) is 2.80. The molecule has 0 bridgehead atoms. The third-order valence-electron chi connectivity index (χ3n) is 7.07. The molecule has 12 heteroatoms. The van der Waals surface area contributed by atoms with E-state index in [0.717, 1.165) is 10.6 Å². The number of benzene rings is 1. The van der Waals surface area contributed by atoms with Crippen LogP contribution >= 0.6 is 0 Å². The predicted molar refractivity (Wildman–Crippen MR) is 159 cm³/mol. The molecule has 0 aliphatic heterocycles. The Morgan fingerprint density at radius 2 is 1.75 bits per heavy atom. The number of aliphatic carboxylic acids is 1. The molecule has 2 N–H and O–H groups in total. The highest BCUT2D eigenvalue weighted by molar-refractivity contribution is 7.92. The minimum Gasteiger partial charge on any atom is -0.481 e. The quantitative estimate of drug-likeness (QED) is 0.311. The second-order valence-corrected chi connectivity index (χ2v) is 18.6. The summed E-state index contributed by atoms with van der Waals surface area (Å²) in [5, 5.41) is 20.3. The van der Waals surface area contributed by atoms with E-state index in [4.69, 9.17) is 4.43 Å². The lowest BCUT2D eigenvalue weighted by Crippen LogP contribution is -2.45. The Morgan fingerprint density at radius 3 is 2.23 bits per heavy atom. The third kappa shape index (κ3) is 8.92. The van der Waals surface area contributed by atoms with E-state index in [1.54, 1.807) is 6.08 Å². The van der Waals surface area contributed by atoms with Gasteiger partial charge in [-0.25, -0.2) is 27.1 Å². The molecule has 0 unspecified atom stereocenters. The normalized spacial score (nSPS) is 14.5. The second-order valence-electron chi connectivity index (χ2n) is 11.8. The van der Waals surface area contributed by atoms with E-state index in [2.05, 4.69) is 30.7 Å². The molecule has 1 aromatic heterocycles. The molecular weight excluding hydrogens is 553 g/mol. The number of hydrogen-bond donors (Lipinski definition) is 2. The van der Waals surface area contributed by atoms with Crippen molar-refractivity contribution in [2.75, 3.05) is 17.6 Å². The molecule has 9 nitrogen and oxygen atoms in total. The van der Waals surface area contributed by atoms with Gasteiger partial charge in [0.15, 0.2) is 8.32 Å². The minimum atomic E-state index is -3.66. The third-order valence-corrected chi connectivity index (χ3v) is 12.8. The number of sulfonamides is 1. The Hall–Kier alpha value is -2.67. The Morgan fingerprint density at radius 1 is 1.18 bits per heavy atom. The fraction of sp³-hybridized carbons (Fsp3) is 0.536. The van der Waals surface area contributed by atoms with Crippen LogP contribution in [0.2, 0.25) is 18.1 Å². The molecular formula is C28H42FN3O6SSi. The number of nitrogens with zero attached hydrogens (tertiary/aromatic N) is 3. The topological polar surface area (TPSA) is 130 Å². The summed E-state index contributed by atoms with van der Waals surface area (Å²) in [6.45, 7) is 14.0. The van der Waals surface area contributed by atoms with E-state index in [-0.39, 0.29) is 29.7 Å². The first kappa shape index (κ1) is 33.5. The van der Waals surface area contributed by atoms with E-state index in [1.165, 1.54) is 37.4 Å². The van der Waals surface area contributed by atoms with Crippen LogP contribution in [0.15, 0.2) is 30.3 Å². The Balaban J connectivity index is 2.57. The van der Waals surface area contributed by atoms with Crippen molar-refractivity contribution in [3.05, 3.63) is 47.4 Å². The highest BCUT2D eigenvalue weighted by atomic mass is 32.2. The zero-order valence-corrected chi connectivity index (χ0v) is 26.6. The zero-order valence-electron chi connectivity index (χ0n) is 24.8. The summed E-state index contributed by atoms with van der Waals surface area (Å²) in [7, 11) is -4.61. The van der Waals surface area contributed by atoms with Gasteiger partial charge in [0.1, 0.15) is 5.82 Å². The minimum absolute atomic E-state index is 0.0347. The monoisotopic (exact) mass is 595 g/mol. The fourth-order valence-corrected chi connectivity index (χ4v) is 5.46. The first-order chi connectivity index (χ1) is 18.2. The van der Waals surface area contributed by atoms with Crippen LogP contribution in [0.4, 0.5) is 10.3 Å². The van der Waals surface area contributed by atoms with Crippen LogP contribution in [0, 0.1) is 5.82 Å². The van der Waals surface area contributed by atoms with Crippen molar-refractivity contribution in [3.63, 3.8) is 0 Å². The van der Waals surface area contributed by atoms with Gasteiger partial charge in [-0.1, -0.05) is 46.8 Å². The zero-order chi connectivity index (χ0) is 30.6. The van der Waals surface area contributed by atoms with Gasteiger partial charge in [-0.2, -0.15) is 0 Å². The molecule has 0 radical (unpaired) electrons. The summed E-state index contributed by atoms with van der Waals surface area (Å²) in [5.74, 6) is -1.64. The largest absolute Gasteiger partial charge is 0.481 e. The molecule has 222 valence electrons. The number of carbonyl (C=O) groups is 1. The lowest BCUT2D eigenvalue weighted by molar-refractivity contribution is -0.139. The van der Waals surface area contributed by atoms with Crippen molar-refractivity contribution >= 4 is 36.3 Å². The summed E-state index contributed by atoms with van der Waals surface area (Å²) >= 11 is 0. The van der Waals surface area contributed by atoms with E-state index in [1.807, 2.05) is 26.9 Å². The molecule has 2 atom stereocenters. The smallest absolute Gasteiger partial charge is 0.305 e. The first-order valence-corrected chi connectivity index (χ1v) is 17.9. The fourth-order valence-electron chi connectivity index (χ4n) is 3.71. The Bertz CT molecular complexity index is 1320. The summed E-state index contributed by atoms with van der Waals surface area (Å²) in [6.07, 6.45) is 2.30. The van der Waals surface area contributed by atoms with Crippen LogP contribution < -0.4 is 4.31 Å². The second kappa shape index (κ2) is 12.9. The summed E-state index contributed by atoms with van der Waals surface area (Å²) in [4.78, 5) is 20.6. The number of halogens is 1. The maximum absolute atomic E-state index is 13.7. The van der Waals surface area contributed by atoms with Gasteiger partial charge in [-0.15, -0.1) is 0 Å². The first-order valence-electron chi connectivity index (χ1n) is 13.1. The van der Waals surface area contributed by atoms with Crippen molar-refractivity contribution < 1.29 is 32.2 Å². The van der Waals surface area contributed by atoms with E-state index in [9.17, 15) is 27.8 Å². The van der Waals surface area contributed by atoms with Gasteiger partial charge in [0, 0.05) is 24.6 Å². The molecule has 2 aromatic rings. The number of hydrogen-bond acceptors (Lipinski definition) is 7. The maximum Gasteiger partial charge on any atom is 0.305 e. The van der Waals surface area contributed by atoms with Gasteiger partial charge in [-0.05, 0) is 48.3 Å². The summed E-state index contributed by atoms with van der Waals surface area (Å²) in [6, 6.07) is 5.64. The summed E-state index contributed by atoms with van der Waals surface area (Å²) in [5.41, 5.74) is 1.97. The standard InChI is InChI=1S/C28H42FN3O6SSi/c1-18(2)25-23(15-14-21(33)16-22(17-24(34)35)38-40(8,9)28(3,4)5)26(19-10-12-20(29)13-11-19)31-27(30-25)32(6)39(7,36)37/h10-15,18,21-22,33H,16-17H2,1-9H3,(H,34,35)/b15-14+/t21-,22-/m1/s1. The molecule has 0 aliphatic carbocycles. The number of aliphatic hydroxyl groups is 1. The molecule has 1 heterocycles. The maximum atomic E-state index is 13.7. The van der Waals surface area contributed by atoms with Gasteiger partial charge < -0.3 is 14.6 Å². The molecule has 0 amide bonds. The molecule has 0 saturated heterocycles. The molecule has 0 aliphatic rings. The average molecular weight is 596 g/mol. The number of aromatic nitrogens is 2. The molecule has 1 aromatic carbocycles. The van der Waals surface area contributed by atoms with Crippen molar-refractivity contribution in [2.45, 2.75) is 83.7 Å². The number of anilines is 1. The number of rotatable bonds is 12. The van der Waals surface area contributed by atoms with Crippen LogP contribution in [0.5, 0.6) is 0 Å². The molecule has 40 heavy (non-hydrogen) atoms. The van der Waals surface area contributed by atoms with Crippen molar-refractivity contribution in [3.8, 4) is 11.3 Å². The van der Waals surface area contributed by atoms with Crippen molar-refractivity contribution in [1.29, 1.82) is 0 Å². The van der Waals surface area contributed by atoms with Crippen molar-refractivity contribution in [1.82, 2.24) is 9.97 Å². The molecule has 0 fully saturated rings. The van der Waals surface area contributed by atoms with Gasteiger partial charge in [-0.3, -0.25) is 4.79 Å². The summed E-state index contributed by atoms with van der Waals surface area (Å²) < 4.78 is 45.5. The Kier molecular flexibility index (Phi) is 10.8. The van der Waals surface area contributed by atoms with Crippen LogP contribution in [0.1, 0.15) is 64.6 Å².